The minimum Gasteiger partial charge on any atom is -0.482 e. The molecule has 6 rings (SSSR count). The molecule has 1 unspecified atom stereocenters. The van der Waals surface area contributed by atoms with Crippen molar-refractivity contribution in [2.45, 2.75) is 58.1 Å². The van der Waals surface area contributed by atoms with E-state index < -0.39 is 6.10 Å². The van der Waals surface area contributed by atoms with Gasteiger partial charge in [0.25, 0.3) is 0 Å². The first-order chi connectivity index (χ1) is 16.9. The van der Waals surface area contributed by atoms with Gasteiger partial charge in [0.2, 0.25) is 0 Å². The smallest absolute Gasteiger partial charge is 0.166 e. The topological polar surface area (TPSA) is 83.8 Å². The molecule has 35 heavy (non-hydrogen) atoms. The minimum atomic E-state index is -0.465. The van der Waals surface area contributed by atoms with E-state index in [1.54, 1.807) is 6.20 Å². The molecule has 3 aromatic heterocycles. The summed E-state index contributed by atoms with van der Waals surface area (Å²) in [6.07, 6.45) is 5.41. The Labute approximate surface area is 203 Å². The summed E-state index contributed by atoms with van der Waals surface area (Å²) in [7, 11) is 1.94. The van der Waals surface area contributed by atoms with Crippen molar-refractivity contribution in [1.82, 2.24) is 24.5 Å². The maximum atomic E-state index is 14.5. The highest BCUT2D eigenvalue weighted by molar-refractivity contribution is 5.75. The summed E-state index contributed by atoms with van der Waals surface area (Å²) < 4.78 is 24.7. The Morgan fingerprint density at radius 3 is 2.77 bits per heavy atom. The Kier molecular flexibility index (Phi) is 4.95. The Hall–Kier alpha value is -3.68. The van der Waals surface area contributed by atoms with Gasteiger partial charge in [0.05, 0.1) is 17.1 Å². The lowest BCUT2D eigenvalue weighted by atomic mass is 9.87. The van der Waals surface area contributed by atoms with E-state index in [1.807, 2.05) is 30.8 Å². The van der Waals surface area contributed by atoms with Crippen molar-refractivity contribution in [3.8, 4) is 28.3 Å². The van der Waals surface area contributed by atoms with Gasteiger partial charge < -0.3 is 10.5 Å². The number of aromatic nitrogens is 5. The van der Waals surface area contributed by atoms with Crippen LogP contribution in [0.3, 0.4) is 0 Å². The average molecular weight is 473 g/mol. The standard InChI is InChI=1S/C27H29FN6O/c1-5-15-9-20-21-13-33(4)31-25(21)18-8-7-17(28)11-19(18)14(3)35-22-10-16(12-30-27(22)29)26-23(20)24(15)32-34(26)6-2/h7-8,10-15,20H,5-6,9H2,1-4H3,(H2,29,30)/t14-,15?,20-/m1/s1. The SMILES string of the molecule is CCC1C[C@@H]2c3cn(C)nc3-c3ccc(F)cc3[C@@H](C)Oc3cc(cnc3N)-c3c2c1nn3CC. The van der Waals surface area contributed by atoms with Gasteiger partial charge in [-0.05, 0) is 51.0 Å². The van der Waals surface area contributed by atoms with Crippen molar-refractivity contribution in [3.63, 3.8) is 0 Å². The number of pyridine rings is 1. The van der Waals surface area contributed by atoms with Gasteiger partial charge in [-0.1, -0.05) is 6.92 Å². The van der Waals surface area contributed by atoms with Crippen LogP contribution in [-0.4, -0.2) is 24.5 Å². The van der Waals surface area contributed by atoms with Gasteiger partial charge in [0, 0.05) is 65.6 Å². The third-order valence-electron chi connectivity index (χ3n) is 7.46. The molecule has 0 spiro atoms. The Balaban J connectivity index is 1.72. The average Bonchev–Trinajstić information content (AvgIpc) is 3.51. The second kappa shape index (κ2) is 7.93. The van der Waals surface area contributed by atoms with E-state index in [4.69, 9.17) is 20.7 Å². The van der Waals surface area contributed by atoms with E-state index in [-0.39, 0.29) is 11.7 Å². The fourth-order valence-electron chi connectivity index (χ4n) is 5.82. The lowest BCUT2D eigenvalue weighted by molar-refractivity contribution is 0.227. The van der Waals surface area contributed by atoms with Crippen LogP contribution in [0.5, 0.6) is 5.75 Å². The highest BCUT2D eigenvalue weighted by Gasteiger charge is 2.40. The number of nitrogen functional groups attached to an aromatic ring is 1. The number of rotatable bonds is 2. The molecular weight excluding hydrogens is 443 g/mol. The van der Waals surface area contributed by atoms with Gasteiger partial charge in [0.15, 0.2) is 11.6 Å². The molecule has 0 fully saturated rings. The summed E-state index contributed by atoms with van der Waals surface area (Å²) in [4.78, 5) is 4.47. The molecule has 2 N–H and O–H groups in total. The minimum absolute atomic E-state index is 0.114. The summed E-state index contributed by atoms with van der Waals surface area (Å²) >= 11 is 0. The number of benzene rings is 1. The molecule has 8 heteroatoms. The highest BCUT2D eigenvalue weighted by Crippen LogP contribution is 2.52. The number of ether oxygens (including phenoxy) is 1. The van der Waals surface area contributed by atoms with E-state index in [2.05, 4.69) is 29.7 Å². The second-order valence-corrected chi connectivity index (χ2v) is 9.56. The molecule has 1 aliphatic carbocycles. The van der Waals surface area contributed by atoms with Crippen LogP contribution in [0.4, 0.5) is 10.2 Å². The Morgan fingerprint density at radius 2 is 2.00 bits per heavy atom. The van der Waals surface area contributed by atoms with E-state index >= 15 is 0 Å². The first kappa shape index (κ1) is 21.8. The van der Waals surface area contributed by atoms with E-state index in [9.17, 15) is 4.39 Å². The molecule has 180 valence electrons. The molecule has 1 aromatic carbocycles. The summed E-state index contributed by atoms with van der Waals surface area (Å²) in [6, 6.07) is 6.78. The summed E-state index contributed by atoms with van der Waals surface area (Å²) in [5.41, 5.74) is 14.2. The number of hydrogen-bond acceptors (Lipinski definition) is 5. The highest BCUT2D eigenvalue weighted by atomic mass is 19.1. The van der Waals surface area contributed by atoms with Gasteiger partial charge in [-0.3, -0.25) is 9.36 Å². The summed E-state index contributed by atoms with van der Waals surface area (Å²) in [5.74, 6) is 0.930. The lowest BCUT2D eigenvalue weighted by Crippen LogP contribution is -2.11. The van der Waals surface area contributed by atoms with Crippen molar-refractivity contribution in [3.05, 3.63) is 64.9 Å². The Morgan fingerprint density at radius 1 is 1.17 bits per heavy atom. The van der Waals surface area contributed by atoms with E-state index in [0.717, 1.165) is 58.7 Å². The molecule has 7 nitrogen and oxygen atoms in total. The fourth-order valence-corrected chi connectivity index (χ4v) is 5.82. The third kappa shape index (κ3) is 3.26. The molecule has 0 amide bonds. The Bertz CT molecular complexity index is 1450. The number of aryl methyl sites for hydroxylation is 2. The number of fused-ring (bicyclic) bond motifs is 7. The fraction of sp³-hybridized carbons (Fsp3) is 0.370. The molecule has 0 saturated carbocycles. The number of hydrogen-bond donors (Lipinski definition) is 1. The van der Waals surface area contributed by atoms with Crippen molar-refractivity contribution in [1.29, 1.82) is 0 Å². The zero-order valence-corrected chi connectivity index (χ0v) is 20.4. The molecule has 4 aromatic rings. The van der Waals surface area contributed by atoms with Crippen LogP contribution in [-0.2, 0) is 13.6 Å². The molecule has 0 saturated heterocycles. The molecule has 2 bridgehead atoms. The summed E-state index contributed by atoms with van der Waals surface area (Å²) in [6.45, 7) is 6.97. The molecule has 4 heterocycles. The maximum absolute atomic E-state index is 14.5. The summed E-state index contributed by atoms with van der Waals surface area (Å²) in [5, 5.41) is 9.96. The van der Waals surface area contributed by atoms with Gasteiger partial charge in [-0.2, -0.15) is 10.2 Å². The van der Waals surface area contributed by atoms with E-state index in [0.29, 0.717) is 17.5 Å². The van der Waals surface area contributed by atoms with E-state index in [1.165, 1.54) is 17.7 Å². The van der Waals surface area contributed by atoms with Gasteiger partial charge in [0.1, 0.15) is 11.9 Å². The van der Waals surface area contributed by atoms with Crippen LogP contribution in [0, 0.1) is 5.82 Å². The van der Waals surface area contributed by atoms with Crippen LogP contribution in [0.2, 0.25) is 0 Å². The molecule has 2 aliphatic rings. The van der Waals surface area contributed by atoms with Crippen molar-refractivity contribution < 1.29 is 9.13 Å². The maximum Gasteiger partial charge on any atom is 0.166 e. The van der Waals surface area contributed by atoms with Crippen molar-refractivity contribution >= 4 is 5.82 Å². The quantitative estimate of drug-likeness (QED) is 0.412. The van der Waals surface area contributed by atoms with Gasteiger partial charge in [-0.15, -0.1) is 0 Å². The van der Waals surface area contributed by atoms with Crippen LogP contribution < -0.4 is 10.5 Å². The van der Waals surface area contributed by atoms with Crippen LogP contribution >= 0.6 is 0 Å². The monoisotopic (exact) mass is 472 g/mol. The number of anilines is 1. The van der Waals surface area contributed by atoms with Crippen LogP contribution in [0.15, 0.2) is 36.7 Å². The molecule has 0 radical (unpaired) electrons. The zero-order chi connectivity index (χ0) is 24.4. The molecule has 3 atom stereocenters. The van der Waals surface area contributed by atoms with Gasteiger partial charge in [-0.25, -0.2) is 9.37 Å². The predicted octanol–water partition coefficient (Wildman–Crippen LogP) is 5.57. The largest absolute Gasteiger partial charge is 0.482 e. The van der Waals surface area contributed by atoms with Gasteiger partial charge >= 0.3 is 0 Å². The normalized spacial score (nSPS) is 20.3. The molecular formula is C27H29FN6O. The number of halogens is 1. The van der Waals surface area contributed by atoms with Crippen molar-refractivity contribution in [2.24, 2.45) is 7.05 Å². The first-order valence-electron chi connectivity index (χ1n) is 12.3. The second-order valence-electron chi connectivity index (χ2n) is 9.56. The zero-order valence-electron chi connectivity index (χ0n) is 20.4. The number of nitrogens with two attached hydrogens (primary N) is 1. The number of nitrogens with zero attached hydrogens (tertiary/aromatic N) is 5. The molecule has 1 aliphatic heterocycles. The van der Waals surface area contributed by atoms with Crippen LogP contribution in [0.1, 0.15) is 73.9 Å². The third-order valence-corrected chi connectivity index (χ3v) is 7.46. The van der Waals surface area contributed by atoms with Crippen molar-refractivity contribution in [2.75, 3.05) is 5.73 Å². The lowest BCUT2D eigenvalue weighted by Gasteiger charge is -2.22. The first-order valence-corrected chi connectivity index (χ1v) is 12.3. The predicted molar refractivity (Wildman–Crippen MR) is 133 cm³/mol. The van der Waals surface area contributed by atoms with Crippen LogP contribution in [0.25, 0.3) is 22.5 Å².